The molecule has 0 aliphatic rings. The van der Waals surface area contributed by atoms with E-state index < -0.39 is 5.97 Å². The first kappa shape index (κ1) is 9.85. The molecule has 0 aromatic carbocycles. The van der Waals surface area contributed by atoms with Crippen LogP contribution in [-0.2, 0) is 4.79 Å². The Kier molecular flexibility index (Phi) is 9.34. The van der Waals surface area contributed by atoms with Crippen molar-refractivity contribution in [1.29, 1.82) is 0 Å². The molecule has 0 aromatic heterocycles. The van der Waals surface area contributed by atoms with Crippen molar-refractivity contribution in [3.05, 3.63) is 0 Å². The Morgan fingerprint density at radius 3 is 2.00 bits per heavy atom. The Morgan fingerprint density at radius 1 is 1.83 bits per heavy atom. The maximum atomic E-state index is 9.24. The van der Waals surface area contributed by atoms with Gasteiger partial charge in [0, 0.05) is 37.7 Å². The molecule has 6 heavy (non-hydrogen) atoms. The fourth-order valence-electron chi connectivity index (χ4n) is 0. The third-order valence-corrected chi connectivity index (χ3v) is 0.175. The maximum absolute atomic E-state index is 9.24. The summed E-state index contributed by atoms with van der Waals surface area (Å²) >= 11 is 0. The zero-order chi connectivity index (χ0) is 4.28. The molecule has 32 valence electrons. The average molecular weight is 115 g/mol. The molecule has 0 aromatic rings. The normalized spacial score (nSPS) is 6.17. The molecule has 0 amide bonds. The summed E-state index contributed by atoms with van der Waals surface area (Å²) in [5, 5.41) is 7.60. The number of carboxylic acids is 1. The van der Waals surface area contributed by atoms with E-state index in [-0.39, 0.29) is 44.3 Å². The second-order valence-corrected chi connectivity index (χ2v) is 0.598. The summed E-state index contributed by atoms with van der Waals surface area (Å²) in [4.78, 5) is 9.24. The molecule has 0 aliphatic heterocycles. The zero-order valence-corrected chi connectivity index (χ0v) is 5.56. The average Bonchev–Trinajstić information content (AvgIpc) is 1.38. The van der Waals surface area contributed by atoms with Gasteiger partial charge in [-0.1, -0.05) is 0 Å². The molecule has 0 heterocycles. The summed E-state index contributed by atoms with van der Waals surface area (Å²) < 4.78 is 0. The quantitative estimate of drug-likeness (QED) is 0.415. The molecule has 3 nitrogen and oxygen atoms in total. The Balaban J connectivity index is 0. The molecule has 4 heteroatoms. The number of hydrogen-bond donors (Lipinski definition) is 2. The minimum absolute atomic E-state index is 0. The molecule has 0 rings (SSSR count). The van der Waals surface area contributed by atoms with Gasteiger partial charge in [-0.15, -0.1) is 0 Å². The zero-order valence-electron chi connectivity index (χ0n) is 3.35. The van der Waals surface area contributed by atoms with E-state index in [2.05, 4.69) is 5.73 Å². The number of carbonyl (C=O) groups is 1. The Labute approximate surface area is 65.5 Å². The smallest absolute Gasteiger partial charge is 0.317 e. The predicted octanol–water partition coefficient (Wildman–Crippen LogP) is -1.35. The van der Waals surface area contributed by atoms with Gasteiger partial charge >= 0.3 is 5.97 Å². The number of rotatable bonds is 1. The first-order valence-corrected chi connectivity index (χ1v) is 1.19. The Hall–Kier alpha value is 0.690. The van der Waals surface area contributed by atoms with Gasteiger partial charge in [-0.25, -0.2) is 0 Å². The molecule has 0 saturated heterocycles. The van der Waals surface area contributed by atoms with E-state index in [1.54, 1.807) is 0 Å². The summed E-state index contributed by atoms with van der Waals surface area (Å²) in [7, 11) is 0. The van der Waals surface area contributed by atoms with Crippen LogP contribution in [0.15, 0.2) is 0 Å². The van der Waals surface area contributed by atoms with Crippen molar-refractivity contribution in [1.82, 2.24) is 0 Å². The predicted molar refractivity (Wildman–Crippen MR) is 22.4 cm³/mol. The van der Waals surface area contributed by atoms with E-state index >= 15 is 0 Å². The topological polar surface area (TPSA) is 63.3 Å². The van der Waals surface area contributed by atoms with E-state index in [9.17, 15) is 4.79 Å². The Bertz CT molecular complexity index is 46.8. The van der Waals surface area contributed by atoms with Gasteiger partial charge in [-0.05, 0) is 0 Å². The molecular formula is C2H5CaNO2. The molecule has 0 atom stereocenters. The first-order valence-electron chi connectivity index (χ1n) is 1.19. The van der Waals surface area contributed by atoms with Crippen molar-refractivity contribution in [3.8, 4) is 0 Å². The molecular weight excluding hydrogens is 110 g/mol. The van der Waals surface area contributed by atoms with Crippen molar-refractivity contribution in [3.63, 3.8) is 0 Å². The standard InChI is InChI=1S/C2H5NO2.Ca/c3-1-2(4)5;/h1,3H2,(H,4,5);. The Morgan fingerprint density at radius 2 is 2.00 bits per heavy atom. The molecule has 0 aliphatic carbocycles. The van der Waals surface area contributed by atoms with Crippen LogP contribution in [0.3, 0.4) is 0 Å². The SMILES string of the molecule is NCC(=O)O.[Ca]. The van der Waals surface area contributed by atoms with Crippen molar-refractivity contribution < 1.29 is 9.90 Å². The van der Waals surface area contributed by atoms with Crippen LogP contribution < -0.4 is 5.73 Å². The fraction of sp³-hybridized carbons (Fsp3) is 0.500. The number of aliphatic carboxylic acids is 1. The van der Waals surface area contributed by atoms with Crippen LogP contribution in [0.5, 0.6) is 0 Å². The third kappa shape index (κ3) is 8.83. The van der Waals surface area contributed by atoms with E-state index in [1.165, 1.54) is 0 Å². The third-order valence-electron chi connectivity index (χ3n) is 0.175. The monoisotopic (exact) mass is 115 g/mol. The summed E-state index contributed by atoms with van der Waals surface area (Å²) in [5.41, 5.74) is 4.57. The van der Waals surface area contributed by atoms with Crippen LogP contribution in [0, 0.1) is 0 Å². The van der Waals surface area contributed by atoms with Gasteiger partial charge in [0.05, 0.1) is 6.54 Å². The van der Waals surface area contributed by atoms with Crippen molar-refractivity contribution in [2.24, 2.45) is 5.73 Å². The van der Waals surface area contributed by atoms with Gasteiger partial charge in [0.1, 0.15) is 0 Å². The van der Waals surface area contributed by atoms with Gasteiger partial charge < -0.3 is 10.8 Å². The number of hydrogen-bond acceptors (Lipinski definition) is 2. The van der Waals surface area contributed by atoms with Crippen molar-refractivity contribution in [2.45, 2.75) is 0 Å². The summed E-state index contributed by atoms with van der Waals surface area (Å²) in [5.74, 6) is -0.968. The molecule has 0 bridgehead atoms. The largest absolute Gasteiger partial charge is 0.480 e. The second-order valence-electron chi connectivity index (χ2n) is 0.598. The summed E-state index contributed by atoms with van der Waals surface area (Å²) in [6.45, 7) is -0.278. The molecule has 0 fully saturated rings. The minimum atomic E-state index is -0.968. The molecule has 0 spiro atoms. The van der Waals surface area contributed by atoms with Gasteiger partial charge in [0.2, 0.25) is 0 Å². The van der Waals surface area contributed by atoms with Crippen molar-refractivity contribution in [2.75, 3.05) is 6.54 Å². The summed E-state index contributed by atoms with van der Waals surface area (Å²) in [6, 6.07) is 0. The number of nitrogens with two attached hydrogens (primary N) is 1. The van der Waals surface area contributed by atoms with Crippen LogP contribution in [-0.4, -0.2) is 55.4 Å². The number of carboxylic acid groups (broad SMARTS) is 1. The van der Waals surface area contributed by atoms with Crippen LogP contribution >= 0.6 is 0 Å². The molecule has 2 radical (unpaired) electrons. The fourth-order valence-corrected chi connectivity index (χ4v) is 0. The van der Waals surface area contributed by atoms with E-state index in [0.717, 1.165) is 0 Å². The van der Waals surface area contributed by atoms with E-state index in [4.69, 9.17) is 5.11 Å². The van der Waals surface area contributed by atoms with E-state index in [0.29, 0.717) is 0 Å². The second kappa shape index (κ2) is 5.69. The van der Waals surface area contributed by atoms with Crippen molar-refractivity contribution >= 4 is 43.7 Å². The summed E-state index contributed by atoms with van der Waals surface area (Å²) in [6.07, 6.45) is 0. The van der Waals surface area contributed by atoms with Crippen LogP contribution in [0.1, 0.15) is 0 Å². The van der Waals surface area contributed by atoms with Gasteiger partial charge in [-0.2, -0.15) is 0 Å². The maximum Gasteiger partial charge on any atom is 0.317 e. The van der Waals surface area contributed by atoms with Gasteiger partial charge in [0.25, 0.3) is 0 Å². The van der Waals surface area contributed by atoms with Crippen LogP contribution in [0.2, 0.25) is 0 Å². The van der Waals surface area contributed by atoms with Gasteiger partial charge in [0.15, 0.2) is 0 Å². The molecule has 0 saturated carbocycles. The van der Waals surface area contributed by atoms with E-state index in [1.807, 2.05) is 0 Å². The first-order chi connectivity index (χ1) is 2.27. The van der Waals surface area contributed by atoms with Crippen LogP contribution in [0.25, 0.3) is 0 Å². The van der Waals surface area contributed by atoms with Crippen LogP contribution in [0.4, 0.5) is 0 Å². The minimum Gasteiger partial charge on any atom is -0.480 e. The molecule has 3 N–H and O–H groups in total. The molecule has 0 unspecified atom stereocenters. The van der Waals surface area contributed by atoms with Gasteiger partial charge in [-0.3, -0.25) is 4.79 Å².